The summed E-state index contributed by atoms with van der Waals surface area (Å²) in [5.74, 6) is -0.659. The Morgan fingerprint density at radius 3 is 2.41 bits per heavy atom. The number of hydrogen-bond acceptors (Lipinski definition) is 4. The monoisotopic (exact) mass is 319 g/mol. The van der Waals surface area contributed by atoms with E-state index < -0.39 is 11.9 Å². The second kappa shape index (κ2) is 6.95. The quantitative estimate of drug-likeness (QED) is 0.859. The number of primary amides is 1. The molecular formula is C16H14ClNO4. The van der Waals surface area contributed by atoms with Gasteiger partial charge in [-0.05, 0) is 35.9 Å². The molecule has 0 saturated heterocycles. The third-order valence-corrected chi connectivity index (χ3v) is 3.21. The molecule has 2 aromatic carbocycles. The van der Waals surface area contributed by atoms with Crippen LogP contribution in [0.4, 0.5) is 0 Å². The van der Waals surface area contributed by atoms with E-state index >= 15 is 0 Å². The van der Waals surface area contributed by atoms with Crippen molar-refractivity contribution in [3.63, 3.8) is 0 Å². The molecule has 0 radical (unpaired) electrons. The minimum atomic E-state index is -0.612. The number of esters is 1. The van der Waals surface area contributed by atoms with Gasteiger partial charge in [0.2, 0.25) is 0 Å². The first-order valence-electron chi connectivity index (χ1n) is 6.40. The molecule has 0 aliphatic heterocycles. The second-order valence-electron chi connectivity index (χ2n) is 4.48. The van der Waals surface area contributed by atoms with Gasteiger partial charge in [-0.2, -0.15) is 0 Å². The number of nitrogens with two attached hydrogens (primary N) is 1. The predicted octanol–water partition coefficient (Wildman–Crippen LogP) is 2.80. The van der Waals surface area contributed by atoms with Gasteiger partial charge in [0, 0.05) is 5.02 Å². The molecule has 5 nitrogen and oxygen atoms in total. The fourth-order valence-corrected chi connectivity index (χ4v) is 2.01. The topological polar surface area (TPSA) is 78.6 Å². The summed E-state index contributed by atoms with van der Waals surface area (Å²) in [7, 11) is 1.32. The Bertz CT molecular complexity index is 698. The van der Waals surface area contributed by atoms with Gasteiger partial charge >= 0.3 is 5.97 Å². The number of carbonyl (C=O) groups is 2. The van der Waals surface area contributed by atoms with Gasteiger partial charge in [-0.3, -0.25) is 4.79 Å². The highest BCUT2D eigenvalue weighted by molar-refractivity contribution is 6.31. The molecule has 0 saturated carbocycles. The summed E-state index contributed by atoms with van der Waals surface area (Å²) in [6.07, 6.45) is 0. The molecule has 0 atom stereocenters. The lowest BCUT2D eigenvalue weighted by Gasteiger charge is -2.10. The van der Waals surface area contributed by atoms with Crippen molar-refractivity contribution in [3.8, 4) is 5.75 Å². The fourth-order valence-electron chi connectivity index (χ4n) is 1.84. The van der Waals surface area contributed by atoms with Crippen LogP contribution in [0.25, 0.3) is 0 Å². The summed E-state index contributed by atoms with van der Waals surface area (Å²) in [5, 5.41) is 0.406. The van der Waals surface area contributed by atoms with Crippen molar-refractivity contribution < 1.29 is 19.1 Å². The van der Waals surface area contributed by atoms with E-state index in [-0.39, 0.29) is 12.2 Å². The van der Waals surface area contributed by atoms with Gasteiger partial charge in [0.05, 0.1) is 18.2 Å². The van der Waals surface area contributed by atoms with Gasteiger partial charge in [-0.1, -0.05) is 23.7 Å². The van der Waals surface area contributed by atoms with Crippen LogP contribution >= 0.6 is 11.6 Å². The van der Waals surface area contributed by atoms with Gasteiger partial charge < -0.3 is 15.2 Å². The van der Waals surface area contributed by atoms with E-state index in [1.54, 1.807) is 36.4 Å². The average Bonchev–Trinajstić information content (AvgIpc) is 2.53. The van der Waals surface area contributed by atoms with Gasteiger partial charge in [0.1, 0.15) is 12.4 Å². The van der Waals surface area contributed by atoms with Crippen LogP contribution in [-0.2, 0) is 11.3 Å². The van der Waals surface area contributed by atoms with Crippen molar-refractivity contribution in [2.24, 2.45) is 5.73 Å². The van der Waals surface area contributed by atoms with Crippen molar-refractivity contribution in [1.82, 2.24) is 0 Å². The Balaban J connectivity index is 2.10. The summed E-state index contributed by atoms with van der Waals surface area (Å²) in [6, 6.07) is 11.4. The van der Waals surface area contributed by atoms with Crippen LogP contribution < -0.4 is 10.5 Å². The number of methoxy groups -OCH3 is 1. The number of ether oxygens (including phenoxy) is 2. The zero-order valence-corrected chi connectivity index (χ0v) is 12.6. The molecular weight excluding hydrogens is 306 g/mol. The lowest BCUT2D eigenvalue weighted by atomic mass is 10.1. The Morgan fingerprint density at radius 1 is 1.14 bits per heavy atom. The van der Waals surface area contributed by atoms with Crippen molar-refractivity contribution in [2.45, 2.75) is 6.61 Å². The van der Waals surface area contributed by atoms with E-state index in [1.807, 2.05) is 0 Å². The van der Waals surface area contributed by atoms with Crippen molar-refractivity contribution in [3.05, 3.63) is 64.2 Å². The molecule has 6 heteroatoms. The van der Waals surface area contributed by atoms with Crippen molar-refractivity contribution in [1.29, 1.82) is 0 Å². The summed E-state index contributed by atoms with van der Waals surface area (Å²) >= 11 is 5.83. The van der Waals surface area contributed by atoms with Gasteiger partial charge in [0.15, 0.2) is 0 Å². The Labute approximate surface area is 132 Å². The van der Waals surface area contributed by atoms with Gasteiger partial charge in [-0.25, -0.2) is 4.79 Å². The maximum Gasteiger partial charge on any atom is 0.337 e. The Hall–Kier alpha value is -2.53. The fraction of sp³-hybridized carbons (Fsp3) is 0.125. The minimum absolute atomic E-state index is 0.221. The molecule has 2 rings (SSSR count). The normalized spacial score (nSPS) is 10.1. The molecule has 0 aliphatic carbocycles. The van der Waals surface area contributed by atoms with E-state index in [0.29, 0.717) is 16.3 Å². The third kappa shape index (κ3) is 3.77. The molecule has 0 fully saturated rings. The number of halogens is 1. The van der Waals surface area contributed by atoms with Crippen LogP contribution in [0.1, 0.15) is 26.3 Å². The molecule has 0 aliphatic rings. The van der Waals surface area contributed by atoms with Crippen LogP contribution in [0.5, 0.6) is 5.75 Å². The summed E-state index contributed by atoms with van der Waals surface area (Å²) in [5.41, 5.74) is 6.80. The summed E-state index contributed by atoms with van der Waals surface area (Å²) in [4.78, 5) is 22.7. The molecule has 2 aromatic rings. The number of amides is 1. The maximum absolute atomic E-state index is 11.4. The number of hydrogen-bond donors (Lipinski definition) is 1. The maximum atomic E-state index is 11.4. The molecule has 0 heterocycles. The van der Waals surface area contributed by atoms with Crippen LogP contribution in [0.15, 0.2) is 42.5 Å². The Kier molecular flexibility index (Phi) is 5.01. The Morgan fingerprint density at radius 2 is 1.82 bits per heavy atom. The lowest BCUT2D eigenvalue weighted by molar-refractivity contribution is 0.0600. The van der Waals surface area contributed by atoms with Crippen LogP contribution in [0.2, 0.25) is 5.02 Å². The molecule has 0 unspecified atom stereocenters. The predicted molar refractivity (Wildman–Crippen MR) is 82.1 cm³/mol. The zero-order valence-electron chi connectivity index (χ0n) is 11.8. The van der Waals surface area contributed by atoms with Crippen molar-refractivity contribution >= 4 is 23.5 Å². The van der Waals surface area contributed by atoms with E-state index in [2.05, 4.69) is 4.74 Å². The first-order chi connectivity index (χ1) is 10.5. The number of rotatable bonds is 5. The highest BCUT2D eigenvalue weighted by atomic mass is 35.5. The van der Waals surface area contributed by atoms with E-state index in [4.69, 9.17) is 22.1 Å². The highest BCUT2D eigenvalue weighted by Gasteiger charge is 2.11. The first-order valence-corrected chi connectivity index (χ1v) is 6.78. The molecule has 0 bridgehead atoms. The smallest absolute Gasteiger partial charge is 0.337 e. The number of benzene rings is 2. The van der Waals surface area contributed by atoms with Gasteiger partial charge in [0.25, 0.3) is 5.91 Å². The summed E-state index contributed by atoms with van der Waals surface area (Å²) < 4.78 is 10.2. The van der Waals surface area contributed by atoms with E-state index in [9.17, 15) is 9.59 Å². The standard InChI is InChI=1S/C16H14ClNO4/c1-21-16(20)11-4-2-10(3-5-11)9-22-14-7-6-12(17)8-13(14)15(18)19/h2-8H,9H2,1H3,(H2,18,19). The number of carbonyl (C=O) groups excluding carboxylic acids is 2. The van der Waals surface area contributed by atoms with Gasteiger partial charge in [-0.15, -0.1) is 0 Å². The van der Waals surface area contributed by atoms with E-state index in [0.717, 1.165) is 5.56 Å². The summed E-state index contributed by atoms with van der Waals surface area (Å²) in [6.45, 7) is 0.226. The molecule has 0 aromatic heterocycles. The van der Waals surface area contributed by atoms with E-state index in [1.165, 1.54) is 13.2 Å². The minimum Gasteiger partial charge on any atom is -0.488 e. The van der Waals surface area contributed by atoms with Crippen LogP contribution in [0.3, 0.4) is 0 Å². The average molecular weight is 320 g/mol. The van der Waals surface area contributed by atoms with Crippen LogP contribution in [0, 0.1) is 0 Å². The first kappa shape index (κ1) is 15.9. The van der Waals surface area contributed by atoms with Crippen LogP contribution in [-0.4, -0.2) is 19.0 Å². The lowest BCUT2D eigenvalue weighted by Crippen LogP contribution is -2.13. The second-order valence-corrected chi connectivity index (χ2v) is 4.92. The largest absolute Gasteiger partial charge is 0.488 e. The molecule has 2 N–H and O–H groups in total. The molecule has 114 valence electrons. The van der Waals surface area contributed by atoms with Crippen molar-refractivity contribution in [2.75, 3.05) is 7.11 Å². The third-order valence-electron chi connectivity index (χ3n) is 2.98. The molecule has 22 heavy (non-hydrogen) atoms. The molecule has 1 amide bonds. The molecule has 0 spiro atoms. The highest BCUT2D eigenvalue weighted by Crippen LogP contribution is 2.23. The zero-order chi connectivity index (χ0) is 16.1. The SMILES string of the molecule is COC(=O)c1ccc(COc2ccc(Cl)cc2C(N)=O)cc1.